The largest absolute Gasteiger partial charge is 0.492 e. The van der Waals surface area contributed by atoms with Gasteiger partial charge in [-0.2, -0.15) is 0 Å². The number of nitrogens with one attached hydrogen (secondary N) is 1. The number of hydrogen-bond donors (Lipinski definition) is 1. The highest BCUT2D eigenvalue weighted by atomic mass is 16.5. The standard InChI is InChI=1S/C14H17N3O3/c1-3-19-9-13-16-12(6-14(18)17-13)10-5-11(20-4-2)8-15-7-10/h5-8H,3-4,9H2,1-2H3,(H,16,17,18). The lowest BCUT2D eigenvalue weighted by atomic mass is 10.2. The zero-order chi connectivity index (χ0) is 14.4. The first-order chi connectivity index (χ1) is 9.72. The monoisotopic (exact) mass is 275 g/mol. The average Bonchev–Trinajstić information content (AvgIpc) is 2.45. The third-order valence-electron chi connectivity index (χ3n) is 2.55. The van der Waals surface area contributed by atoms with Gasteiger partial charge in [0.15, 0.2) is 0 Å². The highest BCUT2D eigenvalue weighted by Crippen LogP contribution is 2.19. The van der Waals surface area contributed by atoms with Crippen LogP contribution in [0.2, 0.25) is 0 Å². The van der Waals surface area contributed by atoms with E-state index >= 15 is 0 Å². The Morgan fingerprint density at radius 2 is 2.05 bits per heavy atom. The molecule has 2 heterocycles. The average molecular weight is 275 g/mol. The van der Waals surface area contributed by atoms with E-state index in [-0.39, 0.29) is 12.2 Å². The van der Waals surface area contributed by atoms with E-state index < -0.39 is 0 Å². The fourth-order valence-corrected chi connectivity index (χ4v) is 1.73. The van der Waals surface area contributed by atoms with Gasteiger partial charge in [0.2, 0.25) is 0 Å². The van der Waals surface area contributed by atoms with Gasteiger partial charge >= 0.3 is 0 Å². The van der Waals surface area contributed by atoms with Crippen molar-refractivity contribution in [3.8, 4) is 17.0 Å². The van der Waals surface area contributed by atoms with Gasteiger partial charge in [-0.25, -0.2) is 4.98 Å². The van der Waals surface area contributed by atoms with Crippen LogP contribution in [0.25, 0.3) is 11.3 Å². The lowest BCUT2D eigenvalue weighted by Crippen LogP contribution is -2.12. The molecule has 0 amide bonds. The number of rotatable bonds is 6. The highest BCUT2D eigenvalue weighted by molar-refractivity contribution is 5.59. The molecule has 0 fully saturated rings. The third kappa shape index (κ3) is 3.64. The van der Waals surface area contributed by atoms with E-state index in [9.17, 15) is 4.79 Å². The summed E-state index contributed by atoms with van der Waals surface area (Å²) in [6.45, 7) is 5.19. The summed E-state index contributed by atoms with van der Waals surface area (Å²) in [7, 11) is 0. The molecule has 0 atom stereocenters. The molecule has 0 bridgehead atoms. The van der Waals surface area contributed by atoms with Crippen molar-refractivity contribution in [2.24, 2.45) is 0 Å². The second-order valence-corrected chi connectivity index (χ2v) is 4.06. The number of H-pyrrole nitrogens is 1. The van der Waals surface area contributed by atoms with E-state index in [1.807, 2.05) is 19.9 Å². The molecule has 6 nitrogen and oxygen atoms in total. The number of aromatic amines is 1. The Bertz CT molecular complexity index is 625. The summed E-state index contributed by atoms with van der Waals surface area (Å²) in [5, 5.41) is 0. The Balaban J connectivity index is 2.33. The van der Waals surface area contributed by atoms with E-state index in [0.717, 1.165) is 5.56 Å². The molecule has 0 spiro atoms. The molecule has 0 saturated heterocycles. The fraction of sp³-hybridized carbons (Fsp3) is 0.357. The number of hydrogen-bond acceptors (Lipinski definition) is 5. The van der Waals surface area contributed by atoms with E-state index in [2.05, 4.69) is 15.0 Å². The van der Waals surface area contributed by atoms with Gasteiger partial charge in [0.1, 0.15) is 18.2 Å². The van der Waals surface area contributed by atoms with E-state index in [0.29, 0.717) is 30.5 Å². The molecule has 0 unspecified atom stereocenters. The van der Waals surface area contributed by atoms with Crippen molar-refractivity contribution in [3.05, 3.63) is 40.7 Å². The molecule has 0 saturated carbocycles. The van der Waals surface area contributed by atoms with Crippen LogP contribution in [0.3, 0.4) is 0 Å². The predicted molar refractivity (Wildman–Crippen MR) is 74.6 cm³/mol. The van der Waals surface area contributed by atoms with Crippen LogP contribution in [-0.4, -0.2) is 28.2 Å². The third-order valence-corrected chi connectivity index (χ3v) is 2.55. The molecule has 0 radical (unpaired) electrons. The fourth-order valence-electron chi connectivity index (χ4n) is 1.73. The molecule has 0 aliphatic rings. The molecular formula is C14H17N3O3. The van der Waals surface area contributed by atoms with Gasteiger partial charge in [-0.1, -0.05) is 0 Å². The molecule has 2 aromatic heterocycles. The SMILES string of the molecule is CCOCc1nc(-c2cncc(OCC)c2)cc(=O)[nH]1. The van der Waals surface area contributed by atoms with E-state index in [4.69, 9.17) is 9.47 Å². The first-order valence-corrected chi connectivity index (χ1v) is 6.49. The van der Waals surface area contributed by atoms with Crippen molar-refractivity contribution < 1.29 is 9.47 Å². The maximum Gasteiger partial charge on any atom is 0.251 e. The summed E-state index contributed by atoms with van der Waals surface area (Å²) >= 11 is 0. The molecule has 106 valence electrons. The van der Waals surface area contributed by atoms with E-state index in [1.54, 1.807) is 12.4 Å². The van der Waals surface area contributed by atoms with Crippen LogP contribution in [0, 0.1) is 0 Å². The molecule has 0 aliphatic heterocycles. The zero-order valence-electron chi connectivity index (χ0n) is 11.5. The molecule has 0 aromatic carbocycles. The topological polar surface area (TPSA) is 77.1 Å². The van der Waals surface area contributed by atoms with Crippen LogP contribution in [0.4, 0.5) is 0 Å². The minimum Gasteiger partial charge on any atom is -0.492 e. The van der Waals surface area contributed by atoms with E-state index in [1.165, 1.54) is 6.07 Å². The lowest BCUT2D eigenvalue weighted by Gasteiger charge is -2.06. The Kier molecular flexibility index (Phi) is 4.84. The second kappa shape index (κ2) is 6.81. The van der Waals surface area contributed by atoms with Crippen molar-refractivity contribution in [2.75, 3.05) is 13.2 Å². The van der Waals surface area contributed by atoms with Crippen LogP contribution in [0.1, 0.15) is 19.7 Å². The minimum atomic E-state index is -0.216. The number of ether oxygens (including phenoxy) is 2. The zero-order valence-corrected chi connectivity index (χ0v) is 11.5. The summed E-state index contributed by atoms with van der Waals surface area (Å²) in [6, 6.07) is 3.24. The molecule has 2 rings (SSSR count). The second-order valence-electron chi connectivity index (χ2n) is 4.06. The summed E-state index contributed by atoms with van der Waals surface area (Å²) < 4.78 is 10.6. The maximum absolute atomic E-state index is 11.7. The van der Waals surface area contributed by atoms with Crippen LogP contribution in [0.5, 0.6) is 5.75 Å². The Morgan fingerprint density at radius 3 is 2.80 bits per heavy atom. The molecule has 0 aliphatic carbocycles. The molecule has 2 aromatic rings. The first-order valence-electron chi connectivity index (χ1n) is 6.49. The molecule has 6 heteroatoms. The summed E-state index contributed by atoms with van der Waals surface area (Å²) in [5.74, 6) is 1.15. The van der Waals surface area contributed by atoms with Gasteiger partial charge < -0.3 is 14.5 Å². The number of pyridine rings is 1. The molecular weight excluding hydrogens is 258 g/mol. The van der Waals surface area contributed by atoms with Crippen LogP contribution in [-0.2, 0) is 11.3 Å². The van der Waals surface area contributed by atoms with Gasteiger partial charge in [-0.3, -0.25) is 9.78 Å². The molecule has 1 N–H and O–H groups in total. The van der Waals surface area contributed by atoms with Crippen molar-refractivity contribution in [2.45, 2.75) is 20.5 Å². The lowest BCUT2D eigenvalue weighted by molar-refractivity contribution is 0.128. The van der Waals surface area contributed by atoms with Gasteiger partial charge in [0.05, 0.1) is 18.5 Å². The van der Waals surface area contributed by atoms with Crippen molar-refractivity contribution in [3.63, 3.8) is 0 Å². The van der Waals surface area contributed by atoms with Gasteiger partial charge in [0, 0.05) is 24.4 Å². The van der Waals surface area contributed by atoms with Crippen molar-refractivity contribution in [1.29, 1.82) is 0 Å². The maximum atomic E-state index is 11.7. The van der Waals surface area contributed by atoms with Crippen molar-refractivity contribution in [1.82, 2.24) is 15.0 Å². The highest BCUT2D eigenvalue weighted by Gasteiger charge is 2.06. The normalized spacial score (nSPS) is 10.5. The molecule has 20 heavy (non-hydrogen) atoms. The minimum absolute atomic E-state index is 0.216. The Morgan fingerprint density at radius 1 is 1.20 bits per heavy atom. The number of aromatic nitrogens is 3. The van der Waals surface area contributed by atoms with Gasteiger partial charge in [0.25, 0.3) is 5.56 Å². The smallest absolute Gasteiger partial charge is 0.251 e. The van der Waals surface area contributed by atoms with Gasteiger partial charge in [-0.05, 0) is 19.9 Å². The summed E-state index contributed by atoms with van der Waals surface area (Å²) in [6.07, 6.45) is 3.27. The van der Waals surface area contributed by atoms with Crippen LogP contribution >= 0.6 is 0 Å². The summed E-state index contributed by atoms with van der Waals surface area (Å²) in [4.78, 5) is 22.8. The first kappa shape index (κ1) is 14.2. The van der Waals surface area contributed by atoms with Gasteiger partial charge in [-0.15, -0.1) is 0 Å². The van der Waals surface area contributed by atoms with Crippen LogP contribution in [0.15, 0.2) is 29.3 Å². The Hall–Kier alpha value is -2.21. The quantitative estimate of drug-likeness (QED) is 0.869. The number of nitrogens with zero attached hydrogens (tertiary/aromatic N) is 2. The summed E-state index contributed by atoms with van der Waals surface area (Å²) in [5.41, 5.74) is 1.07. The van der Waals surface area contributed by atoms with Crippen LogP contribution < -0.4 is 10.3 Å². The predicted octanol–water partition coefficient (Wildman–Crippen LogP) is 1.77. The van der Waals surface area contributed by atoms with Crippen molar-refractivity contribution >= 4 is 0 Å². The Labute approximate surface area is 116 Å².